The van der Waals surface area contributed by atoms with Crippen molar-refractivity contribution < 1.29 is 23.9 Å². The maximum atomic E-state index is 12.7. The van der Waals surface area contributed by atoms with Crippen LogP contribution in [0.2, 0.25) is 0 Å². The molecule has 1 aliphatic carbocycles. The first-order chi connectivity index (χ1) is 16.0. The van der Waals surface area contributed by atoms with Crippen molar-refractivity contribution in [1.82, 2.24) is 0 Å². The molecule has 6 heteroatoms. The van der Waals surface area contributed by atoms with Crippen LogP contribution in [0.15, 0.2) is 78.9 Å². The first kappa shape index (κ1) is 20.8. The molecule has 6 nitrogen and oxygen atoms in total. The molecule has 0 saturated carbocycles. The number of Topliss-reactive ketones (excluding diaryl/α,β-unsaturated/α-hetero) is 1. The lowest BCUT2D eigenvalue weighted by atomic mass is 9.85. The van der Waals surface area contributed by atoms with Gasteiger partial charge in [-0.2, -0.15) is 0 Å². The van der Waals surface area contributed by atoms with Gasteiger partial charge in [-0.15, -0.1) is 0 Å². The standard InChI is InChI=1S/C27H21NO5/c29-24(20-10-9-17-5-1-2-6-19(17)15-20)16-33-27(32)18-11-13-21(14-12-18)28-25(30)22-7-3-4-8-23(22)26(28)31/h1-6,9-15,22-23H,7-8,16H2/t22-,23+. The van der Waals surface area contributed by atoms with Gasteiger partial charge in [-0.1, -0.05) is 48.6 Å². The minimum Gasteiger partial charge on any atom is -0.454 e. The summed E-state index contributed by atoms with van der Waals surface area (Å²) < 4.78 is 5.20. The molecular formula is C27H21NO5. The van der Waals surface area contributed by atoms with E-state index >= 15 is 0 Å². The summed E-state index contributed by atoms with van der Waals surface area (Å²) in [7, 11) is 0. The summed E-state index contributed by atoms with van der Waals surface area (Å²) in [6, 6.07) is 19.2. The van der Waals surface area contributed by atoms with Gasteiger partial charge in [0.1, 0.15) is 0 Å². The molecule has 0 spiro atoms. The van der Waals surface area contributed by atoms with Crippen LogP contribution in [0, 0.1) is 11.8 Å². The highest BCUT2D eigenvalue weighted by Gasteiger charge is 2.47. The Morgan fingerprint density at radius 1 is 0.788 bits per heavy atom. The van der Waals surface area contributed by atoms with E-state index < -0.39 is 5.97 Å². The number of carbonyl (C=O) groups is 4. The number of esters is 1. The maximum absolute atomic E-state index is 12.7. The second kappa shape index (κ2) is 8.47. The summed E-state index contributed by atoms with van der Waals surface area (Å²) in [5.41, 5.74) is 1.14. The van der Waals surface area contributed by atoms with Gasteiger partial charge in [0.25, 0.3) is 0 Å². The number of ketones is 1. The normalized spacial score (nSPS) is 19.6. The number of nitrogens with zero attached hydrogens (tertiary/aromatic N) is 1. The number of benzene rings is 3. The van der Waals surface area contributed by atoms with Gasteiger partial charge in [0.15, 0.2) is 12.4 Å². The van der Waals surface area contributed by atoms with E-state index in [1.807, 2.05) is 42.5 Å². The largest absolute Gasteiger partial charge is 0.454 e. The van der Waals surface area contributed by atoms with Crippen LogP contribution >= 0.6 is 0 Å². The van der Waals surface area contributed by atoms with Gasteiger partial charge in [0.05, 0.1) is 23.1 Å². The van der Waals surface area contributed by atoms with E-state index in [4.69, 9.17) is 4.74 Å². The Kier molecular flexibility index (Phi) is 5.34. The number of amides is 2. The lowest BCUT2D eigenvalue weighted by molar-refractivity contribution is -0.122. The summed E-state index contributed by atoms with van der Waals surface area (Å²) in [5, 5.41) is 1.96. The van der Waals surface area contributed by atoms with Crippen molar-refractivity contribution >= 4 is 40.0 Å². The van der Waals surface area contributed by atoms with Gasteiger partial charge in [-0.3, -0.25) is 19.3 Å². The molecule has 3 aromatic carbocycles. The number of imide groups is 1. The lowest BCUT2D eigenvalue weighted by Crippen LogP contribution is -2.30. The van der Waals surface area contributed by atoms with E-state index in [-0.39, 0.29) is 41.6 Å². The van der Waals surface area contributed by atoms with Crippen LogP contribution in [0.1, 0.15) is 33.6 Å². The minimum atomic E-state index is -0.646. The summed E-state index contributed by atoms with van der Waals surface area (Å²) >= 11 is 0. The third-order valence-electron chi connectivity index (χ3n) is 6.27. The molecular weight excluding hydrogens is 418 g/mol. The third-order valence-corrected chi connectivity index (χ3v) is 6.27. The van der Waals surface area contributed by atoms with E-state index in [9.17, 15) is 19.2 Å². The monoisotopic (exact) mass is 439 g/mol. The van der Waals surface area contributed by atoms with Gasteiger partial charge < -0.3 is 4.74 Å². The molecule has 1 aliphatic heterocycles. The van der Waals surface area contributed by atoms with Crippen molar-refractivity contribution in [2.24, 2.45) is 11.8 Å². The Morgan fingerprint density at radius 3 is 2.06 bits per heavy atom. The van der Waals surface area contributed by atoms with Crippen LogP contribution in [-0.2, 0) is 14.3 Å². The number of fused-ring (bicyclic) bond motifs is 2. The van der Waals surface area contributed by atoms with E-state index in [1.165, 1.54) is 17.0 Å². The molecule has 0 bridgehead atoms. The van der Waals surface area contributed by atoms with E-state index in [0.717, 1.165) is 10.8 Å². The first-order valence-electron chi connectivity index (χ1n) is 10.8. The van der Waals surface area contributed by atoms with E-state index in [2.05, 4.69) is 0 Å². The second-order valence-electron chi connectivity index (χ2n) is 8.28. The lowest BCUT2D eigenvalue weighted by Gasteiger charge is -2.15. The molecule has 164 valence electrons. The van der Waals surface area contributed by atoms with Crippen LogP contribution in [-0.4, -0.2) is 30.2 Å². The number of rotatable bonds is 5. The van der Waals surface area contributed by atoms with E-state index in [0.29, 0.717) is 24.1 Å². The topological polar surface area (TPSA) is 80.8 Å². The number of anilines is 1. The molecule has 1 heterocycles. The van der Waals surface area contributed by atoms with Crippen molar-refractivity contribution in [3.05, 3.63) is 90.0 Å². The fourth-order valence-corrected chi connectivity index (χ4v) is 4.46. The maximum Gasteiger partial charge on any atom is 0.338 e. The Hall–Kier alpha value is -4.06. The van der Waals surface area contributed by atoms with Crippen LogP contribution in [0.4, 0.5) is 5.69 Å². The highest BCUT2D eigenvalue weighted by Crippen LogP contribution is 2.37. The zero-order valence-electron chi connectivity index (χ0n) is 17.8. The van der Waals surface area contributed by atoms with Crippen molar-refractivity contribution in [3.8, 4) is 0 Å². The molecule has 2 amide bonds. The van der Waals surface area contributed by atoms with Gasteiger partial charge in [0.2, 0.25) is 11.8 Å². The Labute approximate surface area is 190 Å². The molecule has 0 radical (unpaired) electrons. The molecule has 2 atom stereocenters. The second-order valence-corrected chi connectivity index (χ2v) is 8.28. The zero-order valence-corrected chi connectivity index (χ0v) is 17.8. The summed E-state index contributed by atoms with van der Waals surface area (Å²) in [6.07, 6.45) is 5.02. The summed E-state index contributed by atoms with van der Waals surface area (Å²) in [5.74, 6) is -1.97. The molecule has 0 unspecified atom stereocenters. The van der Waals surface area contributed by atoms with Crippen molar-refractivity contribution in [1.29, 1.82) is 0 Å². The smallest absolute Gasteiger partial charge is 0.338 e. The Balaban J connectivity index is 1.24. The van der Waals surface area contributed by atoms with Gasteiger partial charge in [-0.25, -0.2) is 4.79 Å². The minimum absolute atomic E-state index is 0.203. The average molecular weight is 439 g/mol. The number of ether oxygens (including phenoxy) is 1. The summed E-state index contributed by atoms with van der Waals surface area (Å²) in [4.78, 5) is 51.5. The predicted molar refractivity (Wildman–Crippen MR) is 123 cm³/mol. The zero-order chi connectivity index (χ0) is 22.9. The van der Waals surface area contributed by atoms with Gasteiger partial charge in [-0.05, 0) is 53.9 Å². The SMILES string of the molecule is O=C(COC(=O)c1ccc(N2C(=O)[C@H]3CC=CC[C@H]3C2=O)cc1)c1ccc2ccccc2c1. The molecule has 2 aliphatic rings. The quantitative estimate of drug-likeness (QED) is 0.256. The molecule has 0 N–H and O–H groups in total. The third kappa shape index (κ3) is 3.84. The van der Waals surface area contributed by atoms with Crippen LogP contribution in [0.3, 0.4) is 0 Å². The molecule has 0 aromatic heterocycles. The highest BCUT2D eigenvalue weighted by atomic mass is 16.5. The number of hydrogen-bond acceptors (Lipinski definition) is 5. The van der Waals surface area contributed by atoms with Gasteiger partial charge in [0, 0.05) is 5.56 Å². The van der Waals surface area contributed by atoms with Gasteiger partial charge >= 0.3 is 5.97 Å². The number of allylic oxidation sites excluding steroid dienone is 2. The first-order valence-corrected chi connectivity index (χ1v) is 10.8. The highest BCUT2D eigenvalue weighted by molar-refractivity contribution is 6.22. The molecule has 5 rings (SSSR count). The van der Waals surface area contributed by atoms with Crippen molar-refractivity contribution in [2.45, 2.75) is 12.8 Å². The van der Waals surface area contributed by atoms with Crippen LogP contribution in [0.25, 0.3) is 10.8 Å². The Bertz CT molecular complexity index is 1280. The fraction of sp³-hybridized carbons (Fsp3) is 0.185. The predicted octanol–water partition coefficient (Wildman–Crippen LogP) is 4.34. The van der Waals surface area contributed by atoms with E-state index in [1.54, 1.807) is 24.3 Å². The average Bonchev–Trinajstić information content (AvgIpc) is 3.12. The van der Waals surface area contributed by atoms with Crippen molar-refractivity contribution in [2.75, 3.05) is 11.5 Å². The molecule has 33 heavy (non-hydrogen) atoms. The molecule has 1 saturated heterocycles. The van der Waals surface area contributed by atoms with Crippen LogP contribution < -0.4 is 4.90 Å². The van der Waals surface area contributed by atoms with Crippen molar-refractivity contribution in [3.63, 3.8) is 0 Å². The Morgan fingerprint density at radius 2 is 1.39 bits per heavy atom. The van der Waals surface area contributed by atoms with Crippen LogP contribution in [0.5, 0.6) is 0 Å². The molecule has 3 aromatic rings. The summed E-state index contributed by atoms with van der Waals surface area (Å²) in [6.45, 7) is -0.377. The number of hydrogen-bond donors (Lipinski definition) is 0. The molecule has 1 fully saturated rings. The number of carbonyl (C=O) groups excluding carboxylic acids is 4. The fourth-order valence-electron chi connectivity index (χ4n) is 4.46.